The minimum Gasteiger partial charge on any atom is -0.256 e. The van der Waals surface area contributed by atoms with Gasteiger partial charge in [-0.05, 0) is 88.6 Å². The minimum absolute atomic E-state index is 1.02. The Morgan fingerprint density at radius 2 is 0.750 bits per heavy atom. The molecule has 1 aliphatic rings. The molecule has 0 spiro atoms. The van der Waals surface area contributed by atoms with Gasteiger partial charge in [0.1, 0.15) is 0 Å². The predicted molar refractivity (Wildman–Crippen MR) is 203 cm³/mol. The monoisotopic (exact) mass is 607 g/mol. The van der Waals surface area contributed by atoms with E-state index in [1.165, 1.54) is 82.6 Å². The molecule has 1 aromatic heterocycles. The van der Waals surface area contributed by atoms with E-state index in [1.54, 1.807) is 0 Å². The van der Waals surface area contributed by atoms with Gasteiger partial charge >= 0.3 is 0 Å². The molecule has 0 radical (unpaired) electrons. The fraction of sp³-hybridized carbons (Fsp3) is 0. The summed E-state index contributed by atoms with van der Waals surface area (Å²) in [5.41, 5.74) is 14.9. The Bertz CT molecular complexity index is 2600. The first-order valence-corrected chi connectivity index (χ1v) is 16.6. The quantitative estimate of drug-likeness (QED) is 0.194. The molecule has 9 aromatic rings. The summed E-state index contributed by atoms with van der Waals surface area (Å²) in [5.74, 6) is 0. The Morgan fingerprint density at radius 1 is 0.271 bits per heavy atom. The zero-order valence-corrected chi connectivity index (χ0v) is 26.2. The van der Waals surface area contributed by atoms with Crippen molar-refractivity contribution in [2.24, 2.45) is 0 Å². The lowest BCUT2D eigenvalue weighted by Gasteiger charge is -2.20. The number of aromatic nitrogens is 1. The molecule has 0 aliphatic heterocycles. The maximum atomic E-state index is 5.07. The summed E-state index contributed by atoms with van der Waals surface area (Å²) in [4.78, 5) is 5.07. The van der Waals surface area contributed by atoms with Crippen LogP contribution in [0.25, 0.3) is 99.2 Å². The van der Waals surface area contributed by atoms with Crippen LogP contribution < -0.4 is 0 Å². The van der Waals surface area contributed by atoms with E-state index in [0.29, 0.717) is 0 Å². The number of hydrogen-bond donors (Lipinski definition) is 0. The number of rotatable bonds is 4. The first-order chi connectivity index (χ1) is 23.9. The van der Waals surface area contributed by atoms with Crippen LogP contribution in [0.3, 0.4) is 0 Å². The highest BCUT2D eigenvalue weighted by Gasteiger charge is 2.31. The average Bonchev–Trinajstić information content (AvgIpc) is 3.49. The van der Waals surface area contributed by atoms with Crippen molar-refractivity contribution < 1.29 is 0 Å². The van der Waals surface area contributed by atoms with Crippen LogP contribution in [-0.2, 0) is 0 Å². The van der Waals surface area contributed by atoms with E-state index in [4.69, 9.17) is 4.98 Å². The van der Waals surface area contributed by atoms with Crippen molar-refractivity contribution in [3.05, 3.63) is 176 Å². The number of fused-ring (bicyclic) bond motifs is 5. The normalized spacial score (nSPS) is 11.8. The molecule has 1 aliphatic carbocycles. The van der Waals surface area contributed by atoms with E-state index < -0.39 is 0 Å². The smallest absolute Gasteiger partial charge is 0.0786 e. The third-order valence-electron chi connectivity index (χ3n) is 10.1. The standard InChI is InChI=1S/C47H29N/c1-4-14-30(15-5-1)33-22-12-24-38-34(33)28-29-48-47(38)39-26-27-41-44-37(39)23-13-25-40(44)45-42(31-16-6-2-7-17-31)35-20-10-11-21-36(35)43(46(41)45)32-18-8-3-9-19-32/h1-29H. The lowest BCUT2D eigenvalue weighted by atomic mass is 9.82. The van der Waals surface area contributed by atoms with Gasteiger partial charge < -0.3 is 0 Å². The summed E-state index contributed by atoms with van der Waals surface area (Å²) >= 11 is 0. The van der Waals surface area contributed by atoms with Crippen molar-refractivity contribution in [3.8, 4) is 66.9 Å². The molecule has 0 saturated heterocycles. The van der Waals surface area contributed by atoms with E-state index in [9.17, 15) is 0 Å². The Morgan fingerprint density at radius 3 is 1.38 bits per heavy atom. The summed E-state index contributed by atoms with van der Waals surface area (Å²) in [6.45, 7) is 0. The van der Waals surface area contributed by atoms with Crippen LogP contribution in [-0.4, -0.2) is 4.98 Å². The molecule has 0 bridgehead atoms. The van der Waals surface area contributed by atoms with Gasteiger partial charge in [0.25, 0.3) is 0 Å². The second-order valence-electron chi connectivity index (χ2n) is 12.6. The van der Waals surface area contributed by atoms with Crippen LogP contribution in [0.1, 0.15) is 0 Å². The number of nitrogens with zero attached hydrogens (tertiary/aromatic N) is 1. The van der Waals surface area contributed by atoms with Gasteiger partial charge in [-0.15, -0.1) is 0 Å². The van der Waals surface area contributed by atoms with Crippen molar-refractivity contribution >= 4 is 32.3 Å². The fourth-order valence-electron chi connectivity index (χ4n) is 8.11. The van der Waals surface area contributed by atoms with Crippen molar-refractivity contribution in [1.29, 1.82) is 0 Å². The molecule has 0 N–H and O–H groups in total. The first-order valence-electron chi connectivity index (χ1n) is 16.6. The molecule has 1 nitrogen and oxygen atoms in total. The molecule has 8 aromatic carbocycles. The highest BCUT2D eigenvalue weighted by Crippen LogP contribution is 2.58. The average molecular weight is 608 g/mol. The van der Waals surface area contributed by atoms with E-state index in [-0.39, 0.29) is 0 Å². The molecule has 0 fully saturated rings. The van der Waals surface area contributed by atoms with Gasteiger partial charge in [0.05, 0.1) is 5.69 Å². The Kier molecular flexibility index (Phi) is 5.94. The number of pyridine rings is 1. The Hall–Kier alpha value is -6.31. The second-order valence-corrected chi connectivity index (χ2v) is 12.6. The van der Waals surface area contributed by atoms with Crippen LogP contribution in [0.2, 0.25) is 0 Å². The van der Waals surface area contributed by atoms with Gasteiger partial charge in [-0.2, -0.15) is 0 Å². The molecule has 1 heterocycles. The van der Waals surface area contributed by atoms with Crippen LogP contribution in [0.5, 0.6) is 0 Å². The highest BCUT2D eigenvalue weighted by atomic mass is 14.7. The highest BCUT2D eigenvalue weighted by molar-refractivity contribution is 6.29. The van der Waals surface area contributed by atoms with Crippen LogP contribution in [0.15, 0.2) is 176 Å². The molecule has 0 amide bonds. The molecule has 222 valence electrons. The molecular formula is C47H29N. The first kappa shape index (κ1) is 26.9. The van der Waals surface area contributed by atoms with Gasteiger partial charge in [-0.25, -0.2) is 0 Å². The van der Waals surface area contributed by atoms with Crippen molar-refractivity contribution in [2.75, 3.05) is 0 Å². The van der Waals surface area contributed by atoms with Gasteiger partial charge in [0, 0.05) is 17.1 Å². The molecule has 0 unspecified atom stereocenters. The third kappa shape index (κ3) is 3.88. The molecule has 0 atom stereocenters. The summed E-state index contributed by atoms with van der Waals surface area (Å²) in [6, 6.07) is 61.7. The number of hydrogen-bond acceptors (Lipinski definition) is 1. The summed E-state index contributed by atoms with van der Waals surface area (Å²) in [6.07, 6.45) is 1.97. The summed E-state index contributed by atoms with van der Waals surface area (Å²) in [5, 5.41) is 7.45. The predicted octanol–water partition coefficient (Wildman–Crippen LogP) is 12.9. The summed E-state index contributed by atoms with van der Waals surface area (Å²) < 4.78 is 0. The zero-order chi connectivity index (χ0) is 31.6. The van der Waals surface area contributed by atoms with Gasteiger partial charge in [0.2, 0.25) is 0 Å². The van der Waals surface area contributed by atoms with Crippen molar-refractivity contribution in [1.82, 2.24) is 4.98 Å². The third-order valence-corrected chi connectivity index (χ3v) is 10.1. The lowest BCUT2D eigenvalue weighted by Crippen LogP contribution is -1.93. The molecule has 48 heavy (non-hydrogen) atoms. The second kappa shape index (κ2) is 10.6. The largest absolute Gasteiger partial charge is 0.256 e. The van der Waals surface area contributed by atoms with Crippen LogP contribution in [0.4, 0.5) is 0 Å². The van der Waals surface area contributed by atoms with Gasteiger partial charge in [0.15, 0.2) is 0 Å². The molecule has 10 rings (SSSR count). The van der Waals surface area contributed by atoms with E-state index in [1.807, 2.05) is 6.20 Å². The van der Waals surface area contributed by atoms with E-state index >= 15 is 0 Å². The van der Waals surface area contributed by atoms with E-state index in [2.05, 4.69) is 170 Å². The van der Waals surface area contributed by atoms with Crippen LogP contribution in [0, 0.1) is 0 Å². The maximum absolute atomic E-state index is 5.07. The zero-order valence-electron chi connectivity index (χ0n) is 26.2. The number of benzene rings is 8. The fourth-order valence-corrected chi connectivity index (χ4v) is 8.11. The molecular weight excluding hydrogens is 579 g/mol. The molecule has 1 heteroatoms. The summed E-state index contributed by atoms with van der Waals surface area (Å²) in [7, 11) is 0. The van der Waals surface area contributed by atoms with E-state index in [0.717, 1.165) is 16.6 Å². The molecule has 0 saturated carbocycles. The Balaban J connectivity index is 1.31. The van der Waals surface area contributed by atoms with Crippen molar-refractivity contribution in [2.45, 2.75) is 0 Å². The Labute approximate surface area is 279 Å². The minimum atomic E-state index is 1.02. The topological polar surface area (TPSA) is 12.9 Å². The van der Waals surface area contributed by atoms with Gasteiger partial charge in [-0.3, -0.25) is 4.98 Å². The SMILES string of the molecule is c1ccc(-c2cccc3c(-c4ccc5c6c(cccc46)-c4c-5c(-c5ccccc5)c5ccccc5c4-c4ccccc4)nccc23)cc1. The van der Waals surface area contributed by atoms with Crippen LogP contribution >= 0.6 is 0 Å². The maximum Gasteiger partial charge on any atom is 0.0786 e. The van der Waals surface area contributed by atoms with Crippen molar-refractivity contribution in [3.63, 3.8) is 0 Å². The van der Waals surface area contributed by atoms with Gasteiger partial charge in [-0.1, -0.05) is 164 Å². The lowest BCUT2D eigenvalue weighted by molar-refractivity contribution is 1.36.